The minimum absolute atomic E-state index is 0.0147. The SMILES string of the molecule is CCC[C@@]1(CO)CN(Cc2ccc(OCC(N)=O)c(Cl)c2)CC[C@@H]1O. The van der Waals surface area contributed by atoms with Crippen LogP contribution in [-0.4, -0.2) is 53.4 Å². The van der Waals surface area contributed by atoms with Crippen LogP contribution < -0.4 is 10.5 Å². The molecule has 4 N–H and O–H groups in total. The van der Waals surface area contributed by atoms with E-state index in [-0.39, 0.29) is 13.2 Å². The fourth-order valence-electron chi connectivity index (χ4n) is 3.52. The van der Waals surface area contributed by atoms with E-state index in [1.165, 1.54) is 0 Å². The maximum Gasteiger partial charge on any atom is 0.255 e. The van der Waals surface area contributed by atoms with Gasteiger partial charge in [-0.05, 0) is 30.5 Å². The number of amides is 1. The number of carbonyl (C=O) groups excluding carboxylic acids is 1. The Labute approximate surface area is 153 Å². The standard InChI is InChI=1S/C18H27ClN2O4/c1-2-6-18(12-22)11-21(7-5-16(18)23)9-13-3-4-15(14(19)8-13)25-10-17(20)24/h3-4,8,16,22-23H,2,5-7,9-12H2,1H3,(H2,20,24)/t16-,18-/m0/s1. The van der Waals surface area contributed by atoms with E-state index in [0.29, 0.717) is 30.3 Å². The Morgan fingerprint density at radius 2 is 2.28 bits per heavy atom. The van der Waals surface area contributed by atoms with Crippen molar-refractivity contribution in [1.29, 1.82) is 0 Å². The van der Waals surface area contributed by atoms with E-state index in [1.54, 1.807) is 6.07 Å². The highest BCUT2D eigenvalue weighted by Crippen LogP contribution is 2.35. The van der Waals surface area contributed by atoms with E-state index in [4.69, 9.17) is 22.1 Å². The fourth-order valence-corrected chi connectivity index (χ4v) is 3.78. The van der Waals surface area contributed by atoms with Crippen molar-refractivity contribution in [2.24, 2.45) is 11.1 Å². The molecule has 1 fully saturated rings. The monoisotopic (exact) mass is 370 g/mol. The third kappa shape index (κ3) is 5.07. The number of aliphatic hydroxyl groups excluding tert-OH is 2. The summed E-state index contributed by atoms with van der Waals surface area (Å²) in [5.74, 6) is -0.128. The fraction of sp³-hybridized carbons (Fsp3) is 0.611. The number of nitrogens with zero attached hydrogens (tertiary/aromatic N) is 1. The second kappa shape index (κ2) is 8.85. The Morgan fingerprint density at radius 1 is 1.52 bits per heavy atom. The second-order valence-electron chi connectivity index (χ2n) is 6.81. The first-order chi connectivity index (χ1) is 11.9. The lowest BCUT2D eigenvalue weighted by Gasteiger charge is -2.45. The molecule has 140 valence electrons. The van der Waals surface area contributed by atoms with Crippen LogP contribution in [0.5, 0.6) is 5.75 Å². The Morgan fingerprint density at radius 3 is 2.88 bits per heavy atom. The lowest BCUT2D eigenvalue weighted by Crippen LogP contribution is -2.53. The number of aliphatic hydroxyl groups is 2. The smallest absolute Gasteiger partial charge is 0.255 e. The van der Waals surface area contributed by atoms with Crippen LogP contribution in [0.1, 0.15) is 31.7 Å². The van der Waals surface area contributed by atoms with Gasteiger partial charge in [0.1, 0.15) is 5.75 Å². The zero-order valence-corrected chi connectivity index (χ0v) is 15.3. The first kappa shape index (κ1) is 20.0. The molecule has 0 unspecified atom stereocenters. The summed E-state index contributed by atoms with van der Waals surface area (Å²) >= 11 is 6.21. The van der Waals surface area contributed by atoms with Gasteiger partial charge in [-0.1, -0.05) is 31.0 Å². The summed E-state index contributed by atoms with van der Waals surface area (Å²) in [6.45, 7) is 3.93. The average Bonchev–Trinajstić information content (AvgIpc) is 2.57. The molecule has 2 rings (SSSR count). The van der Waals surface area contributed by atoms with E-state index >= 15 is 0 Å². The van der Waals surface area contributed by atoms with Crippen molar-refractivity contribution in [3.63, 3.8) is 0 Å². The van der Waals surface area contributed by atoms with E-state index < -0.39 is 17.4 Å². The highest BCUT2D eigenvalue weighted by atomic mass is 35.5. The molecule has 6 nitrogen and oxygen atoms in total. The van der Waals surface area contributed by atoms with Gasteiger partial charge in [-0.25, -0.2) is 0 Å². The Balaban J connectivity index is 2.04. The topological polar surface area (TPSA) is 96.0 Å². The molecule has 0 aromatic heterocycles. The number of ether oxygens (including phenoxy) is 1. The van der Waals surface area contributed by atoms with Crippen molar-refractivity contribution in [2.45, 2.75) is 38.8 Å². The maximum atomic E-state index is 10.8. The van der Waals surface area contributed by atoms with Crippen molar-refractivity contribution >= 4 is 17.5 Å². The van der Waals surface area contributed by atoms with Crippen LogP contribution in [0.3, 0.4) is 0 Å². The first-order valence-corrected chi connectivity index (χ1v) is 8.99. The molecule has 1 aliphatic rings. The van der Waals surface area contributed by atoms with Crippen LogP contribution in [0.25, 0.3) is 0 Å². The summed E-state index contributed by atoms with van der Waals surface area (Å²) in [6, 6.07) is 5.43. The van der Waals surface area contributed by atoms with E-state index in [9.17, 15) is 15.0 Å². The number of benzene rings is 1. The van der Waals surface area contributed by atoms with Crippen LogP contribution in [-0.2, 0) is 11.3 Å². The zero-order valence-electron chi connectivity index (χ0n) is 14.6. The lowest BCUT2D eigenvalue weighted by atomic mass is 9.74. The number of likely N-dealkylation sites (tertiary alicyclic amines) is 1. The molecule has 1 aromatic rings. The highest BCUT2D eigenvalue weighted by molar-refractivity contribution is 6.32. The van der Waals surface area contributed by atoms with Crippen molar-refractivity contribution in [1.82, 2.24) is 4.90 Å². The molecule has 0 radical (unpaired) electrons. The number of carbonyl (C=O) groups is 1. The summed E-state index contributed by atoms with van der Waals surface area (Å²) in [4.78, 5) is 13.0. The quantitative estimate of drug-likeness (QED) is 0.645. The van der Waals surface area contributed by atoms with Gasteiger partial charge < -0.3 is 20.7 Å². The van der Waals surface area contributed by atoms with E-state index in [0.717, 1.165) is 24.9 Å². The molecule has 1 aliphatic heterocycles. The number of nitrogens with two attached hydrogens (primary N) is 1. The number of primary amides is 1. The van der Waals surface area contributed by atoms with Gasteiger partial charge in [-0.15, -0.1) is 0 Å². The number of halogens is 1. The molecule has 1 amide bonds. The summed E-state index contributed by atoms with van der Waals surface area (Å²) in [6.07, 6.45) is 1.89. The Hall–Kier alpha value is -1.34. The number of rotatable bonds is 8. The molecule has 25 heavy (non-hydrogen) atoms. The molecule has 0 bridgehead atoms. The molecule has 1 aromatic carbocycles. The van der Waals surface area contributed by atoms with E-state index in [1.807, 2.05) is 12.1 Å². The predicted octanol–water partition coefficient (Wildman–Crippen LogP) is 1.55. The lowest BCUT2D eigenvalue weighted by molar-refractivity contribution is -0.119. The predicted molar refractivity (Wildman–Crippen MR) is 96.5 cm³/mol. The third-order valence-corrected chi connectivity index (χ3v) is 5.09. The number of piperidine rings is 1. The Kier molecular flexibility index (Phi) is 7.07. The molecular formula is C18H27ClN2O4. The van der Waals surface area contributed by atoms with Gasteiger partial charge in [0, 0.05) is 25.0 Å². The molecule has 0 saturated carbocycles. The van der Waals surface area contributed by atoms with Gasteiger partial charge in [0.15, 0.2) is 6.61 Å². The van der Waals surface area contributed by atoms with Crippen LogP contribution in [0.4, 0.5) is 0 Å². The highest BCUT2D eigenvalue weighted by Gasteiger charge is 2.41. The van der Waals surface area contributed by atoms with Crippen molar-refractivity contribution in [3.8, 4) is 5.75 Å². The van der Waals surface area contributed by atoms with Gasteiger partial charge >= 0.3 is 0 Å². The van der Waals surface area contributed by atoms with Crippen molar-refractivity contribution in [2.75, 3.05) is 26.3 Å². The summed E-state index contributed by atoms with van der Waals surface area (Å²) in [7, 11) is 0. The minimum atomic E-state index is -0.553. The van der Waals surface area contributed by atoms with Crippen molar-refractivity contribution in [3.05, 3.63) is 28.8 Å². The average molecular weight is 371 g/mol. The molecular weight excluding hydrogens is 344 g/mol. The van der Waals surface area contributed by atoms with Crippen LogP contribution >= 0.6 is 11.6 Å². The van der Waals surface area contributed by atoms with E-state index in [2.05, 4.69) is 11.8 Å². The molecule has 1 saturated heterocycles. The molecule has 7 heteroatoms. The molecule has 2 atom stereocenters. The van der Waals surface area contributed by atoms with Crippen LogP contribution in [0.2, 0.25) is 5.02 Å². The van der Waals surface area contributed by atoms with Gasteiger partial charge in [-0.3, -0.25) is 9.69 Å². The zero-order chi connectivity index (χ0) is 18.4. The minimum Gasteiger partial charge on any atom is -0.482 e. The van der Waals surface area contributed by atoms with Crippen molar-refractivity contribution < 1.29 is 19.7 Å². The molecule has 0 aliphatic carbocycles. The van der Waals surface area contributed by atoms with Gasteiger partial charge in [0.25, 0.3) is 5.91 Å². The third-order valence-electron chi connectivity index (χ3n) is 4.80. The number of hydrogen-bond acceptors (Lipinski definition) is 5. The van der Waals surface area contributed by atoms with Crippen LogP contribution in [0, 0.1) is 5.41 Å². The summed E-state index contributed by atoms with van der Waals surface area (Å²) in [5.41, 5.74) is 5.62. The summed E-state index contributed by atoms with van der Waals surface area (Å²) < 4.78 is 5.25. The first-order valence-electron chi connectivity index (χ1n) is 8.61. The molecule has 0 spiro atoms. The largest absolute Gasteiger partial charge is 0.482 e. The maximum absolute atomic E-state index is 10.8. The molecule has 1 heterocycles. The normalized spacial score (nSPS) is 24.2. The Bertz CT molecular complexity index is 598. The van der Waals surface area contributed by atoms with Crippen LogP contribution in [0.15, 0.2) is 18.2 Å². The summed E-state index contributed by atoms with van der Waals surface area (Å²) in [5, 5.41) is 20.6. The van der Waals surface area contributed by atoms with Gasteiger partial charge in [0.05, 0.1) is 17.7 Å². The van der Waals surface area contributed by atoms with Gasteiger partial charge in [0.2, 0.25) is 0 Å². The second-order valence-corrected chi connectivity index (χ2v) is 7.21. The van der Waals surface area contributed by atoms with Gasteiger partial charge in [-0.2, -0.15) is 0 Å². The number of hydrogen-bond donors (Lipinski definition) is 3.